The molecule has 13 heavy (non-hydrogen) atoms. The average molecular weight is 198 g/mol. The van der Waals surface area contributed by atoms with Gasteiger partial charge in [0.15, 0.2) is 0 Å². The number of primary amides is 1. The van der Waals surface area contributed by atoms with Gasteiger partial charge in [0.25, 0.3) is 0 Å². The zero-order valence-corrected chi connectivity index (χ0v) is 7.45. The van der Waals surface area contributed by atoms with E-state index in [0.29, 0.717) is 10.6 Å². The van der Waals surface area contributed by atoms with Gasteiger partial charge in [0.1, 0.15) is 5.84 Å². The molecule has 0 aliphatic heterocycles. The number of urea groups is 1. The lowest BCUT2D eigenvalue weighted by molar-refractivity contribution is 0.256. The first-order valence-corrected chi connectivity index (χ1v) is 3.87. The quantitative estimate of drug-likeness (QED) is 0.523. The summed E-state index contributed by atoms with van der Waals surface area (Å²) in [7, 11) is 0. The SMILES string of the molecule is NC(=O)/N=C(\N)c1cccc(Cl)c1. The van der Waals surface area contributed by atoms with Crippen molar-refractivity contribution in [3.63, 3.8) is 0 Å². The van der Waals surface area contributed by atoms with Gasteiger partial charge >= 0.3 is 6.03 Å². The smallest absolute Gasteiger partial charge is 0.340 e. The summed E-state index contributed by atoms with van der Waals surface area (Å²) in [6, 6.07) is 5.87. The lowest BCUT2D eigenvalue weighted by atomic mass is 10.2. The number of hydrogen-bond acceptors (Lipinski definition) is 1. The molecular formula is C8H8ClN3O. The molecule has 0 atom stereocenters. The van der Waals surface area contributed by atoms with Crippen molar-refractivity contribution in [3.8, 4) is 0 Å². The van der Waals surface area contributed by atoms with Crippen LogP contribution in [0, 0.1) is 0 Å². The van der Waals surface area contributed by atoms with Gasteiger partial charge in [-0.25, -0.2) is 4.79 Å². The second kappa shape index (κ2) is 3.91. The summed E-state index contributed by atoms with van der Waals surface area (Å²) >= 11 is 5.70. The molecule has 0 aliphatic rings. The molecule has 0 unspecified atom stereocenters. The Morgan fingerprint density at radius 3 is 2.62 bits per heavy atom. The van der Waals surface area contributed by atoms with E-state index in [9.17, 15) is 4.79 Å². The van der Waals surface area contributed by atoms with Crippen molar-refractivity contribution in [3.05, 3.63) is 34.9 Å². The van der Waals surface area contributed by atoms with Crippen LogP contribution in [0.5, 0.6) is 0 Å². The van der Waals surface area contributed by atoms with Gasteiger partial charge in [0.2, 0.25) is 0 Å². The Morgan fingerprint density at radius 1 is 1.38 bits per heavy atom. The third kappa shape index (κ3) is 2.76. The number of carbonyl (C=O) groups is 1. The molecule has 0 bridgehead atoms. The van der Waals surface area contributed by atoms with Gasteiger partial charge in [-0.1, -0.05) is 23.7 Å². The molecule has 1 aromatic carbocycles. The van der Waals surface area contributed by atoms with Crippen LogP contribution >= 0.6 is 11.6 Å². The van der Waals surface area contributed by atoms with Crippen molar-refractivity contribution in [2.24, 2.45) is 16.5 Å². The van der Waals surface area contributed by atoms with E-state index < -0.39 is 6.03 Å². The number of nitrogens with two attached hydrogens (primary N) is 2. The predicted octanol–water partition coefficient (Wildman–Crippen LogP) is 1.12. The van der Waals surface area contributed by atoms with Crippen LogP contribution in [0.2, 0.25) is 5.02 Å². The van der Waals surface area contributed by atoms with Gasteiger partial charge in [-0.15, -0.1) is 0 Å². The molecule has 4 N–H and O–H groups in total. The van der Waals surface area contributed by atoms with Gasteiger partial charge in [-0.3, -0.25) is 0 Å². The second-order valence-corrected chi connectivity index (χ2v) is 2.78. The van der Waals surface area contributed by atoms with E-state index in [-0.39, 0.29) is 5.84 Å². The molecule has 0 heterocycles. The fourth-order valence-corrected chi connectivity index (χ4v) is 1.02. The zero-order valence-electron chi connectivity index (χ0n) is 6.70. The largest absolute Gasteiger partial charge is 0.383 e. The molecule has 0 saturated carbocycles. The van der Waals surface area contributed by atoms with E-state index in [1.165, 1.54) is 0 Å². The van der Waals surface area contributed by atoms with Gasteiger partial charge in [0, 0.05) is 10.6 Å². The fraction of sp³-hybridized carbons (Fsp3) is 0. The second-order valence-electron chi connectivity index (χ2n) is 2.35. The van der Waals surface area contributed by atoms with Gasteiger partial charge in [-0.2, -0.15) is 4.99 Å². The lowest BCUT2D eigenvalue weighted by Gasteiger charge is -1.98. The van der Waals surface area contributed by atoms with Crippen LogP contribution in [0.25, 0.3) is 0 Å². The predicted molar refractivity (Wildman–Crippen MR) is 51.8 cm³/mol. The highest BCUT2D eigenvalue weighted by Crippen LogP contribution is 2.10. The summed E-state index contributed by atoms with van der Waals surface area (Å²) in [5.74, 6) is 0.0648. The summed E-state index contributed by atoms with van der Waals surface area (Å²) in [5.41, 5.74) is 10.9. The standard InChI is InChI=1S/C8H8ClN3O/c9-6-3-1-2-5(4-6)7(10)12-8(11)13/h1-4H,(H4,10,11,12,13). The van der Waals surface area contributed by atoms with Crippen molar-refractivity contribution in [1.29, 1.82) is 0 Å². The van der Waals surface area contributed by atoms with E-state index in [2.05, 4.69) is 4.99 Å². The molecule has 0 spiro atoms. The molecular weight excluding hydrogens is 190 g/mol. The van der Waals surface area contributed by atoms with Crippen molar-refractivity contribution < 1.29 is 4.79 Å². The summed E-state index contributed by atoms with van der Waals surface area (Å²) < 4.78 is 0. The Bertz CT molecular complexity index is 362. The Hall–Kier alpha value is -1.55. The lowest BCUT2D eigenvalue weighted by Crippen LogP contribution is -2.18. The monoisotopic (exact) mass is 197 g/mol. The minimum atomic E-state index is -0.822. The topological polar surface area (TPSA) is 81.5 Å². The molecule has 0 radical (unpaired) electrons. The van der Waals surface area contributed by atoms with Gasteiger partial charge in [-0.05, 0) is 12.1 Å². The highest BCUT2D eigenvalue weighted by molar-refractivity contribution is 6.31. The van der Waals surface area contributed by atoms with Crippen LogP contribution in [0.4, 0.5) is 4.79 Å². The van der Waals surface area contributed by atoms with Crippen LogP contribution in [0.1, 0.15) is 5.56 Å². The molecule has 0 saturated heterocycles. The summed E-state index contributed by atoms with van der Waals surface area (Å²) in [6.45, 7) is 0. The molecule has 2 amide bonds. The molecule has 0 aliphatic carbocycles. The number of carbonyl (C=O) groups excluding carboxylic acids is 1. The Labute approximate surface area is 80.2 Å². The van der Waals surface area contributed by atoms with Crippen LogP contribution in [-0.4, -0.2) is 11.9 Å². The first-order chi connectivity index (χ1) is 6.09. The van der Waals surface area contributed by atoms with E-state index in [0.717, 1.165) is 0 Å². The third-order valence-electron chi connectivity index (χ3n) is 1.35. The first-order valence-electron chi connectivity index (χ1n) is 3.49. The van der Waals surface area contributed by atoms with Crippen molar-refractivity contribution >= 4 is 23.5 Å². The first kappa shape index (κ1) is 9.54. The Balaban J connectivity index is 3.02. The van der Waals surface area contributed by atoms with E-state index in [1.807, 2.05) is 0 Å². The number of nitrogens with zero attached hydrogens (tertiary/aromatic N) is 1. The van der Waals surface area contributed by atoms with E-state index in [1.54, 1.807) is 24.3 Å². The number of aliphatic imine (C=N–C) groups is 1. The third-order valence-corrected chi connectivity index (χ3v) is 1.59. The Kier molecular flexibility index (Phi) is 2.87. The van der Waals surface area contributed by atoms with Gasteiger partial charge in [0.05, 0.1) is 0 Å². The molecule has 5 heteroatoms. The number of benzene rings is 1. The molecule has 0 fully saturated rings. The summed E-state index contributed by atoms with van der Waals surface area (Å²) in [4.78, 5) is 13.8. The number of rotatable bonds is 1. The summed E-state index contributed by atoms with van der Waals surface area (Å²) in [5, 5.41) is 0.528. The molecule has 68 valence electrons. The minimum absolute atomic E-state index is 0.0648. The van der Waals surface area contributed by atoms with Crippen LogP contribution < -0.4 is 11.5 Å². The maximum atomic E-state index is 10.4. The van der Waals surface area contributed by atoms with Crippen LogP contribution in [0.15, 0.2) is 29.3 Å². The average Bonchev–Trinajstić information content (AvgIpc) is 2.03. The van der Waals surface area contributed by atoms with Crippen LogP contribution in [0.3, 0.4) is 0 Å². The summed E-state index contributed by atoms with van der Waals surface area (Å²) in [6.07, 6.45) is 0. The number of amidine groups is 1. The number of hydrogen-bond donors (Lipinski definition) is 2. The molecule has 0 aromatic heterocycles. The van der Waals surface area contributed by atoms with E-state index >= 15 is 0 Å². The highest BCUT2D eigenvalue weighted by Gasteiger charge is 1.99. The highest BCUT2D eigenvalue weighted by atomic mass is 35.5. The van der Waals surface area contributed by atoms with Crippen LogP contribution in [-0.2, 0) is 0 Å². The normalized spacial score (nSPS) is 11.3. The number of halogens is 1. The molecule has 1 rings (SSSR count). The molecule has 4 nitrogen and oxygen atoms in total. The molecule has 1 aromatic rings. The maximum absolute atomic E-state index is 10.4. The fourth-order valence-electron chi connectivity index (χ4n) is 0.831. The maximum Gasteiger partial charge on any atom is 0.340 e. The van der Waals surface area contributed by atoms with Gasteiger partial charge < -0.3 is 11.5 Å². The number of amides is 2. The van der Waals surface area contributed by atoms with Crippen molar-refractivity contribution in [2.45, 2.75) is 0 Å². The van der Waals surface area contributed by atoms with Crippen molar-refractivity contribution in [1.82, 2.24) is 0 Å². The van der Waals surface area contributed by atoms with Crippen molar-refractivity contribution in [2.75, 3.05) is 0 Å². The Morgan fingerprint density at radius 2 is 2.08 bits per heavy atom. The van der Waals surface area contributed by atoms with E-state index in [4.69, 9.17) is 23.1 Å². The zero-order chi connectivity index (χ0) is 9.84. The minimum Gasteiger partial charge on any atom is -0.383 e.